The molecule has 2 N–H and O–H groups in total. The number of benzene rings is 1. The lowest BCUT2D eigenvalue weighted by molar-refractivity contribution is -0.132. The Bertz CT molecular complexity index is 362. The van der Waals surface area contributed by atoms with Crippen molar-refractivity contribution in [2.24, 2.45) is 5.73 Å². The summed E-state index contributed by atoms with van der Waals surface area (Å²) in [6.45, 7) is 2.85. The minimum Gasteiger partial charge on any atom is -0.383 e. The molecule has 0 radical (unpaired) electrons. The van der Waals surface area contributed by atoms with Crippen LogP contribution in [0.3, 0.4) is 0 Å². The molecule has 1 aromatic carbocycles. The van der Waals surface area contributed by atoms with Crippen LogP contribution in [0.15, 0.2) is 24.3 Å². The molecule has 0 aliphatic heterocycles. The van der Waals surface area contributed by atoms with Crippen molar-refractivity contribution in [3.05, 3.63) is 35.4 Å². The highest BCUT2D eigenvalue weighted by atomic mass is 16.5. The second-order valence-electron chi connectivity index (χ2n) is 4.24. The van der Waals surface area contributed by atoms with Gasteiger partial charge in [0.2, 0.25) is 5.91 Å². The first-order valence-corrected chi connectivity index (χ1v) is 5.59. The van der Waals surface area contributed by atoms with Crippen molar-refractivity contribution in [3.63, 3.8) is 0 Å². The normalized spacial score (nSPS) is 12.2. The van der Waals surface area contributed by atoms with Crippen LogP contribution in [0.4, 0.5) is 0 Å². The average molecular weight is 236 g/mol. The number of aryl methyl sites for hydroxylation is 1. The van der Waals surface area contributed by atoms with Crippen LogP contribution in [0.2, 0.25) is 0 Å². The Morgan fingerprint density at radius 1 is 1.41 bits per heavy atom. The van der Waals surface area contributed by atoms with Gasteiger partial charge in [0.05, 0.1) is 6.61 Å². The Morgan fingerprint density at radius 3 is 2.53 bits per heavy atom. The minimum absolute atomic E-state index is 0.104. The predicted octanol–water partition coefficient (Wildman–Crippen LogP) is 0.927. The summed E-state index contributed by atoms with van der Waals surface area (Å²) in [4.78, 5) is 13.4. The summed E-state index contributed by atoms with van der Waals surface area (Å²) in [6.07, 6.45) is 0. The molecule has 4 nitrogen and oxygen atoms in total. The van der Waals surface area contributed by atoms with E-state index in [1.54, 1.807) is 11.9 Å². The van der Waals surface area contributed by atoms with Crippen LogP contribution in [0, 0.1) is 6.92 Å². The molecule has 4 heteroatoms. The molecule has 17 heavy (non-hydrogen) atoms. The number of amides is 1. The molecule has 0 aliphatic carbocycles. The molecule has 1 rings (SSSR count). The van der Waals surface area contributed by atoms with E-state index in [0.29, 0.717) is 6.54 Å². The van der Waals surface area contributed by atoms with Gasteiger partial charge in [-0.15, -0.1) is 0 Å². The third-order valence-electron chi connectivity index (χ3n) is 2.58. The number of nitrogens with two attached hydrogens (primary N) is 1. The molecule has 1 unspecified atom stereocenters. The Balaban J connectivity index is 2.56. The highest BCUT2D eigenvalue weighted by Gasteiger charge is 2.17. The smallest absolute Gasteiger partial charge is 0.241 e. The molecular weight excluding hydrogens is 216 g/mol. The lowest BCUT2D eigenvalue weighted by Gasteiger charge is -2.21. The van der Waals surface area contributed by atoms with Crippen molar-refractivity contribution in [3.8, 4) is 0 Å². The van der Waals surface area contributed by atoms with Crippen LogP contribution >= 0.6 is 0 Å². The Hall–Kier alpha value is -1.39. The molecule has 0 saturated carbocycles. The minimum atomic E-state index is -0.588. The van der Waals surface area contributed by atoms with Crippen molar-refractivity contribution >= 4 is 5.91 Å². The average Bonchev–Trinajstić information content (AvgIpc) is 2.31. The largest absolute Gasteiger partial charge is 0.383 e. The van der Waals surface area contributed by atoms with Crippen molar-refractivity contribution < 1.29 is 9.53 Å². The number of hydrogen-bond donors (Lipinski definition) is 1. The molecule has 1 amide bonds. The summed E-state index contributed by atoms with van der Waals surface area (Å²) >= 11 is 0. The number of methoxy groups -OCH3 is 1. The molecule has 0 heterocycles. The van der Waals surface area contributed by atoms with Gasteiger partial charge in [-0.25, -0.2) is 0 Å². The molecule has 0 aliphatic rings. The molecule has 94 valence electrons. The zero-order valence-corrected chi connectivity index (χ0v) is 10.6. The maximum absolute atomic E-state index is 11.8. The lowest BCUT2D eigenvalue weighted by Crippen LogP contribution is -2.44. The number of likely N-dealkylation sites (N-methyl/N-ethyl adjacent to an activating group) is 1. The zero-order valence-electron chi connectivity index (χ0n) is 10.6. The first kappa shape index (κ1) is 13.7. The van der Waals surface area contributed by atoms with Gasteiger partial charge in [-0.2, -0.15) is 0 Å². The molecule has 0 saturated heterocycles. The SMILES string of the molecule is COCC(N)C(=O)N(C)Cc1ccc(C)cc1. The first-order chi connectivity index (χ1) is 8.04. The molecule has 0 bridgehead atoms. The fraction of sp³-hybridized carbons (Fsp3) is 0.462. The van der Waals surface area contributed by atoms with Gasteiger partial charge in [-0.05, 0) is 12.5 Å². The van der Waals surface area contributed by atoms with Gasteiger partial charge in [0.25, 0.3) is 0 Å². The summed E-state index contributed by atoms with van der Waals surface area (Å²) in [6, 6.07) is 7.50. The van der Waals surface area contributed by atoms with E-state index in [1.165, 1.54) is 12.7 Å². The quantitative estimate of drug-likeness (QED) is 0.827. The van der Waals surface area contributed by atoms with Gasteiger partial charge >= 0.3 is 0 Å². The molecule has 0 spiro atoms. The van der Waals surface area contributed by atoms with Crippen molar-refractivity contribution in [2.45, 2.75) is 19.5 Å². The van der Waals surface area contributed by atoms with E-state index in [0.717, 1.165) is 5.56 Å². The molecule has 1 aromatic rings. The molecule has 0 fully saturated rings. The van der Waals surface area contributed by atoms with Crippen molar-refractivity contribution in [1.82, 2.24) is 4.90 Å². The number of carbonyl (C=O) groups excluding carboxylic acids is 1. The standard InChI is InChI=1S/C13H20N2O2/c1-10-4-6-11(7-5-10)8-15(2)13(16)12(14)9-17-3/h4-7,12H,8-9,14H2,1-3H3. The van der Waals surface area contributed by atoms with E-state index >= 15 is 0 Å². The van der Waals surface area contributed by atoms with Crippen LogP contribution in [0.1, 0.15) is 11.1 Å². The highest BCUT2D eigenvalue weighted by Crippen LogP contribution is 2.06. The van der Waals surface area contributed by atoms with Gasteiger partial charge < -0.3 is 15.4 Å². The van der Waals surface area contributed by atoms with E-state index in [-0.39, 0.29) is 12.5 Å². The van der Waals surface area contributed by atoms with Crippen LogP contribution in [-0.4, -0.2) is 37.6 Å². The summed E-state index contributed by atoms with van der Waals surface area (Å²) in [7, 11) is 3.28. The summed E-state index contributed by atoms with van der Waals surface area (Å²) < 4.78 is 4.87. The fourth-order valence-corrected chi connectivity index (χ4v) is 1.58. The van der Waals surface area contributed by atoms with Gasteiger partial charge in [0.15, 0.2) is 0 Å². The van der Waals surface area contributed by atoms with Crippen LogP contribution < -0.4 is 5.73 Å². The number of rotatable bonds is 5. The highest BCUT2D eigenvalue weighted by molar-refractivity contribution is 5.81. The fourth-order valence-electron chi connectivity index (χ4n) is 1.58. The van der Waals surface area contributed by atoms with Crippen LogP contribution in [0.5, 0.6) is 0 Å². The van der Waals surface area contributed by atoms with Gasteiger partial charge in [-0.3, -0.25) is 4.79 Å². The topological polar surface area (TPSA) is 55.6 Å². The maximum atomic E-state index is 11.8. The first-order valence-electron chi connectivity index (χ1n) is 5.59. The van der Waals surface area contributed by atoms with E-state index in [2.05, 4.69) is 0 Å². The van der Waals surface area contributed by atoms with Gasteiger partial charge in [0.1, 0.15) is 6.04 Å². The molecule has 1 atom stereocenters. The summed E-state index contributed by atoms with van der Waals surface area (Å²) in [5.41, 5.74) is 7.99. The van der Waals surface area contributed by atoms with Crippen LogP contribution in [-0.2, 0) is 16.1 Å². The number of nitrogens with zero attached hydrogens (tertiary/aromatic N) is 1. The third kappa shape index (κ3) is 4.17. The van der Waals surface area contributed by atoms with Gasteiger partial charge in [0, 0.05) is 20.7 Å². The number of carbonyl (C=O) groups is 1. The second kappa shape index (κ2) is 6.37. The molecular formula is C13H20N2O2. The van der Waals surface area contributed by atoms with Crippen molar-refractivity contribution in [2.75, 3.05) is 20.8 Å². The van der Waals surface area contributed by atoms with Crippen molar-refractivity contribution in [1.29, 1.82) is 0 Å². The Morgan fingerprint density at radius 2 is 2.00 bits per heavy atom. The monoisotopic (exact) mass is 236 g/mol. The number of hydrogen-bond acceptors (Lipinski definition) is 3. The van der Waals surface area contributed by atoms with E-state index < -0.39 is 6.04 Å². The third-order valence-corrected chi connectivity index (χ3v) is 2.58. The summed E-state index contributed by atoms with van der Waals surface area (Å²) in [5.74, 6) is -0.104. The van der Waals surface area contributed by atoms with E-state index in [9.17, 15) is 4.79 Å². The predicted molar refractivity (Wildman–Crippen MR) is 67.5 cm³/mol. The molecule has 0 aromatic heterocycles. The zero-order chi connectivity index (χ0) is 12.8. The van der Waals surface area contributed by atoms with Gasteiger partial charge in [-0.1, -0.05) is 29.8 Å². The maximum Gasteiger partial charge on any atom is 0.241 e. The second-order valence-corrected chi connectivity index (χ2v) is 4.24. The lowest BCUT2D eigenvalue weighted by atomic mass is 10.1. The van der Waals surface area contributed by atoms with Crippen LogP contribution in [0.25, 0.3) is 0 Å². The number of ether oxygens (including phenoxy) is 1. The van der Waals surface area contributed by atoms with E-state index in [4.69, 9.17) is 10.5 Å². The summed E-state index contributed by atoms with van der Waals surface area (Å²) in [5, 5.41) is 0. The Kier molecular flexibility index (Phi) is 5.12. The Labute approximate surface area is 102 Å². The van der Waals surface area contributed by atoms with E-state index in [1.807, 2.05) is 31.2 Å².